The van der Waals surface area contributed by atoms with E-state index in [4.69, 9.17) is 26.1 Å². The number of halogens is 1. The monoisotopic (exact) mass is 489 g/mol. The maximum absolute atomic E-state index is 12.7. The summed E-state index contributed by atoms with van der Waals surface area (Å²) in [5, 5.41) is 3.42. The Labute approximate surface area is 207 Å². The number of para-hydroxylation sites is 1. The van der Waals surface area contributed by atoms with Gasteiger partial charge in [-0.2, -0.15) is 0 Å². The van der Waals surface area contributed by atoms with Crippen LogP contribution in [0, 0.1) is 0 Å². The van der Waals surface area contributed by atoms with Gasteiger partial charge in [-0.15, -0.1) is 0 Å². The lowest BCUT2D eigenvalue weighted by atomic mass is 9.96. The second-order valence-electron chi connectivity index (χ2n) is 8.71. The minimum absolute atomic E-state index is 0.105. The van der Waals surface area contributed by atoms with Gasteiger partial charge in [0.25, 0.3) is 5.91 Å². The number of rotatable bonds is 6. The highest BCUT2D eigenvalue weighted by Gasteiger charge is 2.27. The van der Waals surface area contributed by atoms with Crippen molar-refractivity contribution in [2.24, 2.45) is 0 Å². The Morgan fingerprint density at radius 1 is 1.17 bits per heavy atom. The van der Waals surface area contributed by atoms with Crippen LogP contribution in [0.2, 0.25) is 5.02 Å². The van der Waals surface area contributed by atoms with E-state index in [9.17, 15) is 4.79 Å². The van der Waals surface area contributed by atoms with Crippen molar-refractivity contribution in [1.82, 2.24) is 20.0 Å². The standard InChI is InChI=1S/C26H24ClN5O3/c1-34-25-18(27)6-3-7-20(25)31-32-21-11-13-29-26(33)17(21)14-22(32)16-10-12-28-19-8-9-23(30-24(16)19)35-15-4-2-5-15/h3,6-10,12,14-15,31H,2,4-5,11,13H2,1H3,(H,29,33). The van der Waals surface area contributed by atoms with Gasteiger partial charge < -0.3 is 14.8 Å². The van der Waals surface area contributed by atoms with Crippen molar-refractivity contribution < 1.29 is 14.3 Å². The number of nitrogens with zero attached hydrogens (tertiary/aromatic N) is 3. The first-order valence-electron chi connectivity index (χ1n) is 11.7. The summed E-state index contributed by atoms with van der Waals surface area (Å²) < 4.78 is 13.5. The van der Waals surface area contributed by atoms with E-state index in [-0.39, 0.29) is 12.0 Å². The molecule has 1 aliphatic carbocycles. The number of nitrogens with one attached hydrogen (secondary N) is 2. The summed E-state index contributed by atoms with van der Waals surface area (Å²) in [6, 6.07) is 13.1. The van der Waals surface area contributed by atoms with Crippen molar-refractivity contribution in [1.29, 1.82) is 0 Å². The van der Waals surface area contributed by atoms with Crippen molar-refractivity contribution in [3.05, 3.63) is 64.9 Å². The second kappa shape index (κ2) is 8.78. The molecule has 35 heavy (non-hydrogen) atoms. The van der Waals surface area contributed by atoms with Crippen molar-refractivity contribution >= 4 is 34.2 Å². The predicted octanol–water partition coefficient (Wildman–Crippen LogP) is 4.85. The first kappa shape index (κ1) is 21.7. The number of hydrogen-bond donors (Lipinski definition) is 2. The molecule has 0 unspecified atom stereocenters. The first-order chi connectivity index (χ1) is 17.1. The van der Waals surface area contributed by atoms with Crippen LogP contribution in [0.1, 0.15) is 35.3 Å². The van der Waals surface area contributed by atoms with Gasteiger partial charge in [0.15, 0.2) is 5.75 Å². The fraction of sp³-hybridized carbons (Fsp3) is 0.269. The lowest BCUT2D eigenvalue weighted by Crippen LogP contribution is -2.33. The van der Waals surface area contributed by atoms with Crippen LogP contribution >= 0.6 is 11.6 Å². The van der Waals surface area contributed by atoms with Gasteiger partial charge in [0, 0.05) is 30.8 Å². The number of aromatic nitrogens is 3. The Hall–Kier alpha value is -3.78. The molecule has 1 aliphatic heterocycles. The van der Waals surface area contributed by atoms with E-state index in [1.54, 1.807) is 19.4 Å². The minimum Gasteiger partial charge on any atom is -0.493 e. The smallest absolute Gasteiger partial charge is 0.253 e. The maximum Gasteiger partial charge on any atom is 0.253 e. The molecule has 0 radical (unpaired) electrons. The van der Waals surface area contributed by atoms with E-state index in [2.05, 4.69) is 15.7 Å². The van der Waals surface area contributed by atoms with Crippen LogP contribution < -0.4 is 20.2 Å². The lowest BCUT2D eigenvalue weighted by Gasteiger charge is -2.25. The molecule has 3 aromatic heterocycles. The van der Waals surface area contributed by atoms with E-state index < -0.39 is 0 Å². The molecule has 9 heteroatoms. The van der Waals surface area contributed by atoms with Gasteiger partial charge in [-0.1, -0.05) is 17.7 Å². The summed E-state index contributed by atoms with van der Waals surface area (Å²) >= 11 is 6.38. The number of methoxy groups -OCH3 is 1. The Morgan fingerprint density at radius 3 is 2.86 bits per heavy atom. The first-order valence-corrected chi connectivity index (χ1v) is 12.1. The molecule has 4 heterocycles. The summed E-state index contributed by atoms with van der Waals surface area (Å²) in [4.78, 5) is 22.1. The SMILES string of the molecule is COc1c(Cl)cccc1Nn1c(-c2ccnc3ccc(OC4CCC4)nc23)cc2c1CCNC2=O. The van der Waals surface area contributed by atoms with E-state index >= 15 is 0 Å². The zero-order valence-corrected chi connectivity index (χ0v) is 19.9. The Morgan fingerprint density at radius 2 is 2.06 bits per heavy atom. The molecule has 0 bridgehead atoms. The number of hydrogen-bond acceptors (Lipinski definition) is 6. The second-order valence-corrected chi connectivity index (χ2v) is 9.12. The topological polar surface area (TPSA) is 90.3 Å². The molecule has 1 amide bonds. The largest absolute Gasteiger partial charge is 0.493 e. The Balaban J connectivity index is 1.52. The van der Waals surface area contributed by atoms with Gasteiger partial charge >= 0.3 is 0 Å². The van der Waals surface area contributed by atoms with Gasteiger partial charge in [-0.3, -0.25) is 19.9 Å². The van der Waals surface area contributed by atoms with Gasteiger partial charge in [0.05, 0.1) is 40.3 Å². The lowest BCUT2D eigenvalue weighted by molar-refractivity contribution is 0.0945. The third kappa shape index (κ3) is 3.83. The molecule has 0 saturated heterocycles. The predicted molar refractivity (Wildman–Crippen MR) is 134 cm³/mol. The minimum atomic E-state index is -0.105. The zero-order chi connectivity index (χ0) is 23.9. The number of fused-ring (bicyclic) bond motifs is 2. The number of carbonyl (C=O) groups is 1. The van der Waals surface area contributed by atoms with E-state index in [1.165, 1.54) is 6.42 Å². The van der Waals surface area contributed by atoms with Crippen LogP contribution in [-0.4, -0.2) is 40.3 Å². The summed E-state index contributed by atoms with van der Waals surface area (Å²) in [6.07, 6.45) is 5.93. The highest BCUT2D eigenvalue weighted by atomic mass is 35.5. The number of pyridine rings is 2. The van der Waals surface area contributed by atoms with Crippen LogP contribution in [0.3, 0.4) is 0 Å². The van der Waals surface area contributed by atoms with Crippen molar-refractivity contribution in [2.45, 2.75) is 31.8 Å². The average molecular weight is 490 g/mol. The summed E-state index contributed by atoms with van der Waals surface area (Å²) in [7, 11) is 1.58. The summed E-state index contributed by atoms with van der Waals surface area (Å²) in [5.41, 5.74) is 8.70. The zero-order valence-electron chi connectivity index (χ0n) is 19.2. The fourth-order valence-electron chi connectivity index (χ4n) is 4.57. The molecule has 8 nitrogen and oxygen atoms in total. The molecule has 2 aliphatic rings. The number of benzene rings is 1. The summed E-state index contributed by atoms with van der Waals surface area (Å²) in [6.45, 7) is 0.554. The molecule has 2 N–H and O–H groups in total. The molecule has 6 rings (SSSR count). The normalized spacial score (nSPS) is 15.3. The van der Waals surface area contributed by atoms with Gasteiger partial charge in [0.2, 0.25) is 5.88 Å². The molecule has 0 atom stereocenters. The van der Waals surface area contributed by atoms with Gasteiger partial charge in [-0.05, 0) is 49.6 Å². The highest BCUT2D eigenvalue weighted by molar-refractivity contribution is 6.32. The molecule has 4 aromatic rings. The molecular weight excluding hydrogens is 466 g/mol. The summed E-state index contributed by atoms with van der Waals surface area (Å²) in [5.74, 6) is 1.00. The van der Waals surface area contributed by atoms with Crippen LogP contribution in [0.15, 0.2) is 48.7 Å². The molecule has 0 spiro atoms. The van der Waals surface area contributed by atoms with Gasteiger partial charge in [0.1, 0.15) is 11.6 Å². The molecule has 1 aromatic carbocycles. The van der Waals surface area contributed by atoms with Crippen molar-refractivity contribution in [3.8, 4) is 22.9 Å². The molecular formula is C26H24ClN5O3. The average Bonchev–Trinajstić information content (AvgIpc) is 3.20. The van der Waals surface area contributed by atoms with Crippen molar-refractivity contribution in [3.63, 3.8) is 0 Å². The van der Waals surface area contributed by atoms with Crippen LogP contribution in [0.25, 0.3) is 22.3 Å². The molecule has 1 fully saturated rings. The molecule has 1 saturated carbocycles. The number of ether oxygens (including phenoxy) is 2. The number of carbonyl (C=O) groups excluding carboxylic acids is 1. The maximum atomic E-state index is 12.7. The number of amides is 1. The third-order valence-electron chi connectivity index (χ3n) is 6.57. The fourth-order valence-corrected chi connectivity index (χ4v) is 4.82. The van der Waals surface area contributed by atoms with E-state index in [1.807, 2.05) is 41.1 Å². The Kier molecular flexibility index (Phi) is 5.45. The van der Waals surface area contributed by atoms with Crippen molar-refractivity contribution in [2.75, 3.05) is 19.1 Å². The third-order valence-corrected chi connectivity index (χ3v) is 6.87. The highest BCUT2D eigenvalue weighted by Crippen LogP contribution is 2.36. The van der Waals surface area contributed by atoms with Gasteiger partial charge in [-0.25, -0.2) is 4.98 Å². The van der Waals surface area contributed by atoms with E-state index in [0.29, 0.717) is 46.4 Å². The van der Waals surface area contributed by atoms with E-state index in [0.717, 1.165) is 35.3 Å². The number of anilines is 1. The van der Waals surface area contributed by atoms with Crippen LogP contribution in [0.4, 0.5) is 5.69 Å². The Bertz CT molecular complexity index is 1450. The molecule has 178 valence electrons. The quantitative estimate of drug-likeness (QED) is 0.402. The van der Waals surface area contributed by atoms with Crippen LogP contribution in [-0.2, 0) is 6.42 Å². The van der Waals surface area contributed by atoms with Crippen LogP contribution in [0.5, 0.6) is 11.6 Å².